The van der Waals surface area contributed by atoms with E-state index in [1.54, 1.807) is 6.07 Å². The first-order valence-electron chi connectivity index (χ1n) is 6.57. The summed E-state index contributed by atoms with van der Waals surface area (Å²) >= 11 is 6.18. The van der Waals surface area contributed by atoms with Crippen molar-refractivity contribution in [3.05, 3.63) is 22.8 Å². The fraction of sp³-hybridized carbons (Fsp3) is 0.615. The van der Waals surface area contributed by atoms with Crippen molar-refractivity contribution in [3.8, 4) is 0 Å². The minimum Gasteiger partial charge on any atom is -0.308 e. The lowest BCUT2D eigenvalue weighted by Gasteiger charge is -2.31. The fourth-order valence-corrected chi connectivity index (χ4v) is 2.40. The standard InChI is InChI=1S/C13H21ClN4/c1-2-18(8-10-4-3-5-10)9-12-11(14)6-7-13(16-12)17-15/h6-7,10H,2-5,8-9,15H2,1H3,(H,16,17). The molecule has 0 saturated heterocycles. The van der Waals surface area contributed by atoms with Crippen molar-refractivity contribution in [2.45, 2.75) is 32.7 Å². The van der Waals surface area contributed by atoms with Gasteiger partial charge in [0.2, 0.25) is 0 Å². The summed E-state index contributed by atoms with van der Waals surface area (Å²) in [4.78, 5) is 6.82. The van der Waals surface area contributed by atoms with E-state index in [9.17, 15) is 0 Å². The molecular formula is C13H21ClN4. The van der Waals surface area contributed by atoms with E-state index in [1.807, 2.05) is 6.07 Å². The normalized spacial score (nSPS) is 15.8. The van der Waals surface area contributed by atoms with Gasteiger partial charge in [0, 0.05) is 13.1 Å². The van der Waals surface area contributed by atoms with Crippen LogP contribution < -0.4 is 11.3 Å². The summed E-state index contributed by atoms with van der Waals surface area (Å²) in [5, 5.41) is 0.709. The van der Waals surface area contributed by atoms with E-state index < -0.39 is 0 Å². The van der Waals surface area contributed by atoms with E-state index in [4.69, 9.17) is 17.4 Å². The van der Waals surface area contributed by atoms with Crippen molar-refractivity contribution < 1.29 is 0 Å². The van der Waals surface area contributed by atoms with Gasteiger partial charge in [-0.3, -0.25) is 4.90 Å². The molecule has 1 fully saturated rings. The van der Waals surface area contributed by atoms with Gasteiger partial charge in [0.15, 0.2) is 0 Å². The number of nitrogens with one attached hydrogen (secondary N) is 1. The summed E-state index contributed by atoms with van der Waals surface area (Å²) in [6, 6.07) is 3.63. The molecule has 0 amide bonds. The minimum atomic E-state index is 0.661. The van der Waals surface area contributed by atoms with Crippen LogP contribution in [0.15, 0.2) is 12.1 Å². The van der Waals surface area contributed by atoms with Crippen molar-refractivity contribution in [1.29, 1.82) is 0 Å². The minimum absolute atomic E-state index is 0.661. The second-order valence-electron chi connectivity index (χ2n) is 4.89. The van der Waals surface area contributed by atoms with Crippen LogP contribution in [0.2, 0.25) is 5.02 Å². The average molecular weight is 269 g/mol. The molecule has 5 heteroatoms. The third-order valence-electron chi connectivity index (χ3n) is 3.63. The number of nitrogens with zero attached hydrogens (tertiary/aromatic N) is 2. The Balaban J connectivity index is 2.00. The highest BCUT2D eigenvalue weighted by atomic mass is 35.5. The van der Waals surface area contributed by atoms with Gasteiger partial charge < -0.3 is 5.43 Å². The third kappa shape index (κ3) is 3.34. The molecule has 2 rings (SSSR count). The van der Waals surface area contributed by atoms with Crippen LogP contribution in [0.1, 0.15) is 31.9 Å². The highest BCUT2D eigenvalue weighted by Gasteiger charge is 2.20. The molecule has 0 radical (unpaired) electrons. The Labute approximate surface area is 113 Å². The van der Waals surface area contributed by atoms with Gasteiger partial charge in [-0.05, 0) is 37.4 Å². The van der Waals surface area contributed by atoms with Crippen LogP contribution in [0, 0.1) is 5.92 Å². The summed E-state index contributed by atoms with van der Waals surface area (Å²) in [6.07, 6.45) is 4.11. The first kappa shape index (κ1) is 13.6. The molecule has 0 atom stereocenters. The molecule has 100 valence electrons. The maximum Gasteiger partial charge on any atom is 0.140 e. The topological polar surface area (TPSA) is 54.2 Å². The second-order valence-corrected chi connectivity index (χ2v) is 5.30. The maximum atomic E-state index is 6.18. The van der Waals surface area contributed by atoms with Crippen molar-refractivity contribution >= 4 is 17.4 Å². The van der Waals surface area contributed by atoms with Crippen molar-refractivity contribution in [3.63, 3.8) is 0 Å². The monoisotopic (exact) mass is 268 g/mol. The number of aromatic nitrogens is 1. The van der Waals surface area contributed by atoms with E-state index >= 15 is 0 Å². The maximum absolute atomic E-state index is 6.18. The molecule has 0 aromatic carbocycles. The molecule has 0 spiro atoms. The molecule has 18 heavy (non-hydrogen) atoms. The van der Waals surface area contributed by atoms with Crippen LogP contribution in [0.5, 0.6) is 0 Å². The number of hydrogen-bond donors (Lipinski definition) is 2. The van der Waals surface area contributed by atoms with Gasteiger partial charge >= 0.3 is 0 Å². The molecule has 4 nitrogen and oxygen atoms in total. The molecule has 1 saturated carbocycles. The number of rotatable bonds is 6. The number of nitrogen functional groups attached to an aromatic ring is 1. The first-order valence-corrected chi connectivity index (χ1v) is 6.95. The summed E-state index contributed by atoms with van der Waals surface area (Å²) in [7, 11) is 0. The predicted molar refractivity (Wildman–Crippen MR) is 75.3 cm³/mol. The SMILES string of the molecule is CCN(Cc1nc(NN)ccc1Cl)CC1CCC1. The zero-order chi connectivity index (χ0) is 13.0. The third-order valence-corrected chi connectivity index (χ3v) is 3.97. The molecule has 1 aliphatic carbocycles. The number of halogens is 1. The lowest BCUT2D eigenvalue weighted by atomic mass is 9.85. The van der Waals surface area contributed by atoms with Gasteiger partial charge in [0.05, 0.1) is 10.7 Å². The lowest BCUT2D eigenvalue weighted by molar-refractivity contribution is 0.177. The van der Waals surface area contributed by atoms with Gasteiger partial charge in [-0.25, -0.2) is 10.8 Å². The highest BCUT2D eigenvalue weighted by molar-refractivity contribution is 6.31. The summed E-state index contributed by atoms with van der Waals surface area (Å²) < 4.78 is 0. The van der Waals surface area contributed by atoms with E-state index in [-0.39, 0.29) is 0 Å². The van der Waals surface area contributed by atoms with E-state index in [0.29, 0.717) is 10.8 Å². The first-order chi connectivity index (χ1) is 8.72. The van der Waals surface area contributed by atoms with E-state index in [2.05, 4.69) is 22.2 Å². The zero-order valence-corrected chi connectivity index (χ0v) is 11.6. The van der Waals surface area contributed by atoms with E-state index in [1.165, 1.54) is 19.3 Å². The average Bonchev–Trinajstić information content (AvgIpc) is 2.34. The van der Waals surface area contributed by atoms with E-state index in [0.717, 1.165) is 31.2 Å². The molecule has 0 unspecified atom stereocenters. The van der Waals surface area contributed by atoms with Crippen molar-refractivity contribution in [2.24, 2.45) is 11.8 Å². The van der Waals surface area contributed by atoms with Crippen LogP contribution in [0.3, 0.4) is 0 Å². The molecule has 1 aliphatic rings. The van der Waals surface area contributed by atoms with Crippen LogP contribution in [-0.4, -0.2) is 23.0 Å². The number of anilines is 1. The summed E-state index contributed by atoms with van der Waals surface area (Å²) in [5.74, 6) is 6.90. The number of hydrogen-bond acceptors (Lipinski definition) is 4. The molecule has 1 aromatic heterocycles. The van der Waals surface area contributed by atoms with Gasteiger partial charge in [-0.15, -0.1) is 0 Å². The zero-order valence-electron chi connectivity index (χ0n) is 10.8. The molecule has 0 bridgehead atoms. The van der Waals surface area contributed by atoms with Crippen LogP contribution in [-0.2, 0) is 6.54 Å². The van der Waals surface area contributed by atoms with Gasteiger partial charge in [-0.2, -0.15) is 0 Å². The lowest BCUT2D eigenvalue weighted by Crippen LogP contribution is -2.32. The van der Waals surface area contributed by atoms with Crippen LogP contribution in [0.4, 0.5) is 5.82 Å². The summed E-state index contributed by atoms with van der Waals surface area (Å²) in [6.45, 7) is 5.14. The molecule has 3 N–H and O–H groups in total. The van der Waals surface area contributed by atoms with Crippen LogP contribution >= 0.6 is 11.6 Å². The van der Waals surface area contributed by atoms with Gasteiger partial charge in [0.1, 0.15) is 5.82 Å². The number of nitrogens with two attached hydrogens (primary N) is 1. The Morgan fingerprint density at radius 3 is 2.83 bits per heavy atom. The number of hydrazine groups is 1. The molecule has 1 aromatic rings. The summed E-state index contributed by atoms with van der Waals surface area (Å²) in [5.41, 5.74) is 3.46. The van der Waals surface area contributed by atoms with Gasteiger partial charge in [-0.1, -0.05) is 24.9 Å². The second kappa shape index (κ2) is 6.36. The highest BCUT2D eigenvalue weighted by Crippen LogP contribution is 2.28. The molecule has 1 heterocycles. The molecular weight excluding hydrogens is 248 g/mol. The van der Waals surface area contributed by atoms with Crippen molar-refractivity contribution in [2.75, 3.05) is 18.5 Å². The Morgan fingerprint density at radius 1 is 1.50 bits per heavy atom. The Kier molecular flexibility index (Phi) is 4.80. The van der Waals surface area contributed by atoms with Crippen molar-refractivity contribution in [1.82, 2.24) is 9.88 Å². The Bertz CT molecular complexity index is 393. The van der Waals surface area contributed by atoms with Crippen LogP contribution in [0.25, 0.3) is 0 Å². The Morgan fingerprint density at radius 2 is 2.28 bits per heavy atom. The largest absolute Gasteiger partial charge is 0.308 e. The van der Waals surface area contributed by atoms with Gasteiger partial charge in [0.25, 0.3) is 0 Å². The molecule has 0 aliphatic heterocycles. The quantitative estimate of drug-likeness (QED) is 0.615. The predicted octanol–water partition coefficient (Wildman–Crippen LogP) is 2.64. The number of pyridine rings is 1. The smallest absolute Gasteiger partial charge is 0.140 e. The fourth-order valence-electron chi connectivity index (χ4n) is 2.23. The Hall–Kier alpha value is -0.840.